The van der Waals surface area contributed by atoms with Gasteiger partial charge in [0.1, 0.15) is 0 Å². The summed E-state index contributed by atoms with van der Waals surface area (Å²) >= 11 is 0. The second-order valence-corrected chi connectivity index (χ2v) is 6.74. The summed E-state index contributed by atoms with van der Waals surface area (Å²) in [6, 6.07) is 12.5. The number of fused-ring (bicyclic) bond motifs is 1. The number of carbonyl (C=O) groups is 1. The molecule has 1 atom stereocenters. The lowest BCUT2D eigenvalue weighted by molar-refractivity contribution is 0.0738. The van der Waals surface area contributed by atoms with Crippen LogP contribution in [0.1, 0.15) is 34.3 Å². The van der Waals surface area contributed by atoms with Gasteiger partial charge in [-0.1, -0.05) is 29.8 Å². The predicted octanol–water partition coefficient (Wildman–Crippen LogP) is 3.79. The van der Waals surface area contributed by atoms with Crippen molar-refractivity contribution in [3.8, 4) is 0 Å². The van der Waals surface area contributed by atoms with Crippen LogP contribution in [0.25, 0.3) is 10.9 Å². The average Bonchev–Trinajstić information content (AvgIpc) is 3.10. The molecule has 0 aliphatic carbocycles. The van der Waals surface area contributed by atoms with Gasteiger partial charge in [0.25, 0.3) is 5.91 Å². The van der Waals surface area contributed by atoms with Gasteiger partial charge in [0.05, 0.1) is 11.1 Å². The Kier molecular flexibility index (Phi) is 4.18. The zero-order chi connectivity index (χ0) is 17.2. The molecule has 4 rings (SSSR count). The van der Waals surface area contributed by atoms with Gasteiger partial charge in [-0.2, -0.15) is 0 Å². The number of pyridine rings is 2. The Morgan fingerprint density at radius 2 is 2.00 bits per heavy atom. The maximum Gasteiger partial charge on any atom is 0.254 e. The third-order valence-corrected chi connectivity index (χ3v) is 5.00. The normalized spacial score (nSPS) is 17.2. The van der Waals surface area contributed by atoms with Crippen molar-refractivity contribution < 1.29 is 4.79 Å². The Hall–Kier alpha value is -2.75. The molecule has 2 aromatic heterocycles. The molecule has 4 nitrogen and oxygen atoms in total. The number of aryl methyl sites for hydroxylation is 1. The summed E-state index contributed by atoms with van der Waals surface area (Å²) in [6.07, 6.45) is 8.18. The quantitative estimate of drug-likeness (QED) is 0.733. The molecule has 1 aliphatic rings. The highest BCUT2D eigenvalue weighted by molar-refractivity contribution is 6.05. The molecule has 0 N–H and O–H groups in total. The zero-order valence-corrected chi connectivity index (χ0v) is 14.4. The van der Waals surface area contributed by atoms with Crippen molar-refractivity contribution in [1.82, 2.24) is 14.9 Å². The molecule has 3 aromatic rings. The number of aromatic nitrogens is 2. The number of rotatable bonds is 3. The molecule has 1 aliphatic heterocycles. The van der Waals surface area contributed by atoms with Gasteiger partial charge in [-0.3, -0.25) is 14.8 Å². The molecule has 0 bridgehead atoms. The number of amides is 1. The van der Waals surface area contributed by atoms with Crippen molar-refractivity contribution in [3.05, 3.63) is 71.7 Å². The van der Waals surface area contributed by atoms with Crippen LogP contribution in [0.3, 0.4) is 0 Å². The van der Waals surface area contributed by atoms with Crippen LogP contribution in [0, 0.1) is 6.92 Å². The minimum Gasteiger partial charge on any atom is -0.335 e. The van der Waals surface area contributed by atoms with Crippen LogP contribution in [0.5, 0.6) is 0 Å². The number of carbonyl (C=O) groups excluding carboxylic acids is 1. The monoisotopic (exact) mass is 331 g/mol. The zero-order valence-electron chi connectivity index (χ0n) is 14.4. The fourth-order valence-electron chi connectivity index (χ4n) is 3.64. The Morgan fingerprint density at radius 1 is 1.16 bits per heavy atom. The summed E-state index contributed by atoms with van der Waals surface area (Å²) < 4.78 is 0. The molecule has 1 saturated heterocycles. The standard InChI is InChI=1S/C21H21N3O/c1-15-4-6-16(7-5-15)13-17-3-2-12-24(17)21(25)18-8-11-23-20-9-10-22-14-19(18)20/h4-11,14,17H,2-3,12-13H2,1H3/t17-/m0/s1. The van der Waals surface area contributed by atoms with Crippen LogP contribution in [0.15, 0.2) is 55.0 Å². The van der Waals surface area contributed by atoms with E-state index in [1.807, 2.05) is 17.0 Å². The molecule has 0 saturated carbocycles. The van der Waals surface area contributed by atoms with E-state index in [-0.39, 0.29) is 11.9 Å². The van der Waals surface area contributed by atoms with E-state index in [1.165, 1.54) is 11.1 Å². The molecule has 0 unspecified atom stereocenters. The summed E-state index contributed by atoms with van der Waals surface area (Å²) in [5, 5.41) is 0.830. The summed E-state index contributed by atoms with van der Waals surface area (Å²) in [5.74, 6) is 0.0926. The van der Waals surface area contributed by atoms with E-state index in [0.29, 0.717) is 5.56 Å². The number of likely N-dealkylation sites (tertiary alicyclic amines) is 1. The summed E-state index contributed by atoms with van der Waals surface area (Å²) in [7, 11) is 0. The van der Waals surface area contributed by atoms with E-state index < -0.39 is 0 Å². The molecule has 25 heavy (non-hydrogen) atoms. The average molecular weight is 331 g/mol. The third kappa shape index (κ3) is 3.12. The van der Waals surface area contributed by atoms with Crippen LogP contribution < -0.4 is 0 Å². The van der Waals surface area contributed by atoms with E-state index >= 15 is 0 Å². The lowest BCUT2D eigenvalue weighted by Crippen LogP contribution is -2.37. The highest BCUT2D eigenvalue weighted by Gasteiger charge is 2.30. The van der Waals surface area contributed by atoms with E-state index in [0.717, 1.165) is 36.7 Å². The lowest BCUT2D eigenvalue weighted by Gasteiger charge is -2.25. The summed E-state index contributed by atoms with van der Waals surface area (Å²) in [4.78, 5) is 23.7. The largest absolute Gasteiger partial charge is 0.335 e. The van der Waals surface area contributed by atoms with Gasteiger partial charge < -0.3 is 4.90 Å². The minimum absolute atomic E-state index is 0.0926. The van der Waals surface area contributed by atoms with Gasteiger partial charge in [0.15, 0.2) is 0 Å². The molecule has 126 valence electrons. The number of hydrogen-bond acceptors (Lipinski definition) is 3. The van der Waals surface area contributed by atoms with Crippen LogP contribution in [0.2, 0.25) is 0 Å². The fourth-order valence-corrected chi connectivity index (χ4v) is 3.64. The Bertz CT molecular complexity index is 899. The maximum atomic E-state index is 13.2. The van der Waals surface area contributed by atoms with Gasteiger partial charge in [0.2, 0.25) is 0 Å². The first-order chi connectivity index (χ1) is 12.2. The number of nitrogens with zero attached hydrogens (tertiary/aromatic N) is 3. The summed E-state index contributed by atoms with van der Waals surface area (Å²) in [6.45, 7) is 2.91. The second-order valence-electron chi connectivity index (χ2n) is 6.74. The Labute approximate surface area is 147 Å². The van der Waals surface area contributed by atoms with Gasteiger partial charge in [-0.15, -0.1) is 0 Å². The van der Waals surface area contributed by atoms with Crippen molar-refractivity contribution in [1.29, 1.82) is 0 Å². The predicted molar refractivity (Wildman–Crippen MR) is 98.5 cm³/mol. The molecule has 0 radical (unpaired) electrons. The number of hydrogen-bond donors (Lipinski definition) is 0. The second kappa shape index (κ2) is 6.63. The van der Waals surface area contributed by atoms with Crippen LogP contribution >= 0.6 is 0 Å². The van der Waals surface area contributed by atoms with Crippen LogP contribution in [0.4, 0.5) is 0 Å². The molecule has 1 fully saturated rings. The van der Waals surface area contributed by atoms with Crippen molar-refractivity contribution >= 4 is 16.8 Å². The Morgan fingerprint density at radius 3 is 2.84 bits per heavy atom. The lowest BCUT2D eigenvalue weighted by atomic mass is 10.0. The van der Waals surface area contributed by atoms with Gasteiger partial charge in [0, 0.05) is 36.6 Å². The first kappa shape index (κ1) is 15.8. The SMILES string of the molecule is Cc1ccc(C[C@@H]2CCCN2C(=O)c2ccnc3ccncc23)cc1. The third-order valence-electron chi connectivity index (χ3n) is 5.00. The number of benzene rings is 1. The Balaban J connectivity index is 1.61. The molecular formula is C21H21N3O. The minimum atomic E-state index is 0.0926. The van der Waals surface area contributed by atoms with Crippen LogP contribution in [-0.2, 0) is 6.42 Å². The maximum absolute atomic E-state index is 13.2. The van der Waals surface area contributed by atoms with E-state index in [2.05, 4.69) is 41.2 Å². The van der Waals surface area contributed by atoms with Crippen molar-refractivity contribution in [3.63, 3.8) is 0 Å². The highest BCUT2D eigenvalue weighted by Crippen LogP contribution is 2.25. The molecule has 3 heterocycles. The fraction of sp³-hybridized carbons (Fsp3) is 0.286. The molecule has 4 heteroatoms. The molecule has 1 amide bonds. The van der Waals surface area contributed by atoms with Crippen molar-refractivity contribution in [2.45, 2.75) is 32.2 Å². The van der Waals surface area contributed by atoms with Crippen LogP contribution in [-0.4, -0.2) is 33.4 Å². The van der Waals surface area contributed by atoms with E-state index in [4.69, 9.17) is 0 Å². The topological polar surface area (TPSA) is 46.1 Å². The molecule has 0 spiro atoms. The molecular weight excluding hydrogens is 310 g/mol. The molecule has 1 aromatic carbocycles. The highest BCUT2D eigenvalue weighted by atomic mass is 16.2. The van der Waals surface area contributed by atoms with Gasteiger partial charge in [-0.25, -0.2) is 0 Å². The first-order valence-corrected chi connectivity index (χ1v) is 8.77. The first-order valence-electron chi connectivity index (χ1n) is 8.77. The summed E-state index contributed by atoms with van der Waals surface area (Å²) in [5.41, 5.74) is 4.07. The van der Waals surface area contributed by atoms with Gasteiger partial charge >= 0.3 is 0 Å². The van der Waals surface area contributed by atoms with Gasteiger partial charge in [-0.05, 0) is 43.9 Å². The smallest absolute Gasteiger partial charge is 0.254 e. The van der Waals surface area contributed by atoms with Crippen molar-refractivity contribution in [2.24, 2.45) is 0 Å². The van der Waals surface area contributed by atoms with Crippen molar-refractivity contribution in [2.75, 3.05) is 6.54 Å². The van der Waals surface area contributed by atoms with E-state index in [9.17, 15) is 4.79 Å². The van der Waals surface area contributed by atoms with E-state index in [1.54, 1.807) is 18.6 Å².